The van der Waals surface area contributed by atoms with Gasteiger partial charge in [-0.05, 0) is 25.5 Å². The number of hydrogen-bond acceptors (Lipinski definition) is 4. The Bertz CT molecular complexity index is 548. The lowest BCUT2D eigenvalue weighted by molar-refractivity contribution is 0.103. The molecule has 2 aromatic heterocycles. The van der Waals surface area contributed by atoms with Crippen molar-refractivity contribution in [2.45, 2.75) is 13.8 Å². The van der Waals surface area contributed by atoms with E-state index in [1.807, 2.05) is 19.9 Å². The van der Waals surface area contributed by atoms with Crippen molar-refractivity contribution in [2.24, 2.45) is 0 Å². The van der Waals surface area contributed by atoms with Crippen molar-refractivity contribution >= 4 is 34.7 Å². The van der Waals surface area contributed by atoms with E-state index in [4.69, 9.17) is 11.6 Å². The lowest BCUT2D eigenvalue weighted by Gasteiger charge is -2.02. The quantitative estimate of drug-likeness (QED) is 0.910. The lowest BCUT2D eigenvalue weighted by atomic mass is 10.3. The van der Waals surface area contributed by atoms with Crippen LogP contribution in [0.5, 0.6) is 0 Å². The Morgan fingerprint density at radius 3 is 2.65 bits per heavy atom. The molecule has 0 radical (unpaired) electrons. The number of aryl methyl sites for hydroxylation is 2. The third-order valence-electron chi connectivity index (χ3n) is 2.28. The molecule has 0 unspecified atom stereocenters. The highest BCUT2D eigenvalue weighted by Crippen LogP contribution is 2.22. The van der Waals surface area contributed by atoms with Crippen LogP contribution in [0.25, 0.3) is 0 Å². The standard InChI is InChI=1S/C11H10ClN3OS/c1-6-5-8(17-7(6)2)11(16)15-10-9(12)13-3-4-14-10/h3-5H,1-2H3,(H,14,15,16). The van der Waals surface area contributed by atoms with E-state index in [1.54, 1.807) is 0 Å². The van der Waals surface area contributed by atoms with Gasteiger partial charge >= 0.3 is 0 Å². The second-order valence-electron chi connectivity index (χ2n) is 3.50. The molecular formula is C11H10ClN3OS. The molecule has 0 aliphatic rings. The minimum absolute atomic E-state index is 0.186. The van der Waals surface area contributed by atoms with Gasteiger partial charge in [-0.3, -0.25) is 4.79 Å². The molecule has 0 bridgehead atoms. The van der Waals surface area contributed by atoms with Crippen molar-refractivity contribution in [3.63, 3.8) is 0 Å². The van der Waals surface area contributed by atoms with Crippen molar-refractivity contribution in [1.29, 1.82) is 0 Å². The molecule has 2 heterocycles. The van der Waals surface area contributed by atoms with E-state index in [2.05, 4.69) is 15.3 Å². The van der Waals surface area contributed by atoms with Gasteiger partial charge in [0.2, 0.25) is 0 Å². The Kier molecular flexibility index (Phi) is 3.40. The summed E-state index contributed by atoms with van der Waals surface area (Å²) in [5, 5.41) is 2.82. The summed E-state index contributed by atoms with van der Waals surface area (Å²) in [6.07, 6.45) is 2.95. The van der Waals surface area contributed by atoms with Gasteiger partial charge in [0.05, 0.1) is 4.88 Å². The molecular weight excluding hydrogens is 258 g/mol. The van der Waals surface area contributed by atoms with Gasteiger partial charge in [0.1, 0.15) is 0 Å². The van der Waals surface area contributed by atoms with Crippen LogP contribution in [-0.4, -0.2) is 15.9 Å². The molecule has 0 aromatic carbocycles. The van der Waals surface area contributed by atoms with Crippen LogP contribution in [0.1, 0.15) is 20.1 Å². The molecule has 0 saturated carbocycles. The number of carbonyl (C=O) groups is 1. The summed E-state index contributed by atoms with van der Waals surface area (Å²) in [7, 11) is 0. The van der Waals surface area contributed by atoms with Gasteiger partial charge in [-0.1, -0.05) is 11.6 Å². The van der Waals surface area contributed by atoms with Crippen LogP contribution < -0.4 is 5.32 Å². The van der Waals surface area contributed by atoms with Crippen LogP contribution in [-0.2, 0) is 0 Å². The fourth-order valence-electron chi connectivity index (χ4n) is 1.26. The molecule has 0 saturated heterocycles. The van der Waals surface area contributed by atoms with Crippen LogP contribution >= 0.6 is 22.9 Å². The van der Waals surface area contributed by atoms with Gasteiger partial charge in [0, 0.05) is 17.3 Å². The maximum Gasteiger partial charge on any atom is 0.266 e. The summed E-state index contributed by atoms with van der Waals surface area (Å²) < 4.78 is 0. The number of hydrogen-bond donors (Lipinski definition) is 1. The second-order valence-corrected chi connectivity index (χ2v) is 5.11. The number of amides is 1. The predicted octanol–water partition coefficient (Wildman–Crippen LogP) is 3.06. The lowest BCUT2D eigenvalue weighted by Crippen LogP contribution is -2.12. The summed E-state index contributed by atoms with van der Waals surface area (Å²) in [5.41, 5.74) is 1.10. The number of halogens is 1. The van der Waals surface area contributed by atoms with E-state index in [-0.39, 0.29) is 16.9 Å². The summed E-state index contributed by atoms with van der Waals surface area (Å²) >= 11 is 7.25. The van der Waals surface area contributed by atoms with Gasteiger partial charge < -0.3 is 5.32 Å². The summed E-state index contributed by atoms with van der Waals surface area (Å²) in [6.45, 7) is 3.95. The zero-order chi connectivity index (χ0) is 12.4. The first-order chi connectivity index (χ1) is 8.08. The Morgan fingerprint density at radius 1 is 1.35 bits per heavy atom. The summed E-state index contributed by atoms with van der Waals surface area (Å²) in [6, 6.07) is 1.85. The van der Waals surface area contributed by atoms with Gasteiger partial charge in [-0.25, -0.2) is 9.97 Å². The van der Waals surface area contributed by atoms with Crippen LogP contribution in [0.3, 0.4) is 0 Å². The Balaban J connectivity index is 2.20. The molecule has 0 fully saturated rings. The zero-order valence-electron chi connectivity index (χ0n) is 9.32. The van der Waals surface area contributed by atoms with E-state index in [0.717, 1.165) is 10.4 Å². The van der Waals surface area contributed by atoms with Gasteiger partial charge in [0.15, 0.2) is 11.0 Å². The van der Waals surface area contributed by atoms with Crippen LogP contribution in [0.15, 0.2) is 18.5 Å². The fraction of sp³-hybridized carbons (Fsp3) is 0.182. The molecule has 88 valence electrons. The average molecular weight is 268 g/mol. The monoisotopic (exact) mass is 267 g/mol. The molecule has 17 heavy (non-hydrogen) atoms. The maximum atomic E-state index is 11.9. The molecule has 1 amide bonds. The number of carbonyl (C=O) groups excluding carboxylic acids is 1. The fourth-order valence-corrected chi connectivity index (χ4v) is 2.34. The van der Waals surface area contributed by atoms with Crippen LogP contribution in [0, 0.1) is 13.8 Å². The first-order valence-electron chi connectivity index (χ1n) is 4.93. The Morgan fingerprint density at radius 2 is 2.06 bits per heavy atom. The number of nitrogens with one attached hydrogen (secondary N) is 1. The molecule has 4 nitrogen and oxygen atoms in total. The van der Waals surface area contributed by atoms with Gasteiger partial charge in [0.25, 0.3) is 5.91 Å². The highest BCUT2D eigenvalue weighted by atomic mass is 35.5. The second kappa shape index (κ2) is 4.81. The van der Waals surface area contributed by atoms with Crippen molar-refractivity contribution < 1.29 is 4.79 Å². The van der Waals surface area contributed by atoms with Crippen LogP contribution in [0.4, 0.5) is 5.82 Å². The summed E-state index contributed by atoms with van der Waals surface area (Å²) in [5.74, 6) is 0.0662. The number of anilines is 1. The minimum Gasteiger partial charge on any atom is -0.303 e. The molecule has 0 aliphatic carbocycles. The smallest absolute Gasteiger partial charge is 0.266 e. The van der Waals surface area contributed by atoms with E-state index in [9.17, 15) is 4.79 Å². The number of aromatic nitrogens is 2. The normalized spacial score (nSPS) is 10.3. The highest BCUT2D eigenvalue weighted by Gasteiger charge is 2.13. The van der Waals surface area contributed by atoms with Crippen molar-refractivity contribution in [3.05, 3.63) is 38.9 Å². The molecule has 2 rings (SSSR count). The maximum absolute atomic E-state index is 11.9. The third-order valence-corrected chi connectivity index (χ3v) is 3.70. The van der Waals surface area contributed by atoms with Crippen molar-refractivity contribution in [1.82, 2.24) is 9.97 Å². The first-order valence-corrected chi connectivity index (χ1v) is 6.12. The summed E-state index contributed by atoms with van der Waals surface area (Å²) in [4.78, 5) is 21.5. The topological polar surface area (TPSA) is 54.9 Å². The van der Waals surface area contributed by atoms with E-state index < -0.39 is 0 Å². The molecule has 6 heteroatoms. The SMILES string of the molecule is Cc1cc(C(=O)Nc2nccnc2Cl)sc1C. The molecule has 0 aliphatic heterocycles. The third kappa shape index (κ3) is 2.62. The molecule has 0 atom stereocenters. The van der Waals surface area contributed by atoms with Gasteiger partial charge in [-0.2, -0.15) is 0 Å². The van der Waals surface area contributed by atoms with E-state index in [0.29, 0.717) is 4.88 Å². The van der Waals surface area contributed by atoms with Crippen LogP contribution in [0.2, 0.25) is 5.15 Å². The number of thiophene rings is 1. The zero-order valence-corrected chi connectivity index (χ0v) is 10.9. The van der Waals surface area contributed by atoms with E-state index >= 15 is 0 Å². The van der Waals surface area contributed by atoms with Crippen molar-refractivity contribution in [2.75, 3.05) is 5.32 Å². The molecule has 1 N–H and O–H groups in total. The Hall–Kier alpha value is -1.46. The number of rotatable bonds is 2. The minimum atomic E-state index is -0.214. The molecule has 2 aromatic rings. The molecule has 0 spiro atoms. The highest BCUT2D eigenvalue weighted by molar-refractivity contribution is 7.14. The van der Waals surface area contributed by atoms with Gasteiger partial charge in [-0.15, -0.1) is 11.3 Å². The average Bonchev–Trinajstić information content (AvgIpc) is 2.63. The van der Waals surface area contributed by atoms with Crippen molar-refractivity contribution in [3.8, 4) is 0 Å². The number of nitrogens with zero attached hydrogens (tertiary/aromatic N) is 2. The van der Waals surface area contributed by atoms with E-state index in [1.165, 1.54) is 23.7 Å². The largest absolute Gasteiger partial charge is 0.303 e. The predicted molar refractivity (Wildman–Crippen MR) is 68.8 cm³/mol. The first kappa shape index (κ1) is 12.0. The Labute approximate surface area is 108 Å².